The average Bonchev–Trinajstić information content (AvgIpc) is 2.21. The van der Waals surface area contributed by atoms with Crippen molar-refractivity contribution in [3.8, 4) is 12.3 Å². The van der Waals surface area contributed by atoms with Crippen LogP contribution in [0.5, 0.6) is 0 Å². The molecule has 0 fully saturated rings. The highest BCUT2D eigenvalue weighted by atomic mass is 16.6. The number of ether oxygens (including phenoxy) is 2. The molecule has 0 atom stereocenters. The zero-order valence-electron chi connectivity index (χ0n) is 11.6. The quantitative estimate of drug-likeness (QED) is 0.303. The van der Waals surface area contributed by atoms with Crippen molar-refractivity contribution in [1.82, 2.24) is 0 Å². The molecule has 0 N–H and O–H groups in total. The topological polar surface area (TPSA) is 52.6 Å². The smallest absolute Gasteiger partial charge is 0.320 e. The summed E-state index contributed by atoms with van der Waals surface area (Å²) in [6.45, 7) is 6.96. The summed E-state index contributed by atoms with van der Waals surface area (Å²) in [6.07, 6.45) is 6.13. The fourth-order valence-electron chi connectivity index (χ4n) is 1.37. The van der Waals surface area contributed by atoms with Crippen molar-refractivity contribution in [3.05, 3.63) is 0 Å². The Hall–Kier alpha value is -1.50. The Morgan fingerprint density at radius 2 is 1.50 bits per heavy atom. The zero-order valence-corrected chi connectivity index (χ0v) is 11.6. The lowest BCUT2D eigenvalue weighted by molar-refractivity contribution is -0.166. The van der Waals surface area contributed by atoms with Crippen molar-refractivity contribution in [1.29, 1.82) is 0 Å². The van der Waals surface area contributed by atoms with Gasteiger partial charge in [0.1, 0.15) is 0 Å². The number of hydrogen-bond acceptors (Lipinski definition) is 4. The Labute approximate surface area is 109 Å². The summed E-state index contributed by atoms with van der Waals surface area (Å²) in [5.74, 6) is 0.537. The second-order valence-corrected chi connectivity index (χ2v) is 4.62. The standard InChI is InChI=1S/C14H22O4/c1-6-7-8-9-12(13(15)17-10(2)3)14(16)18-11(4)5/h1,10-12H,7-9H2,2-5H3. The van der Waals surface area contributed by atoms with E-state index < -0.39 is 17.9 Å². The van der Waals surface area contributed by atoms with Crippen LogP contribution in [0, 0.1) is 18.3 Å². The molecule has 0 amide bonds. The van der Waals surface area contributed by atoms with E-state index in [1.807, 2.05) is 0 Å². The van der Waals surface area contributed by atoms with E-state index in [0.29, 0.717) is 19.3 Å². The molecule has 0 bridgehead atoms. The molecule has 4 heteroatoms. The Morgan fingerprint density at radius 3 is 1.83 bits per heavy atom. The minimum atomic E-state index is -0.872. The van der Waals surface area contributed by atoms with Crippen LogP contribution in [0.1, 0.15) is 47.0 Å². The maximum Gasteiger partial charge on any atom is 0.320 e. The molecule has 0 unspecified atom stereocenters. The summed E-state index contributed by atoms with van der Waals surface area (Å²) in [6, 6.07) is 0. The predicted molar refractivity (Wildman–Crippen MR) is 68.6 cm³/mol. The van der Waals surface area contributed by atoms with Crippen LogP contribution in [0.15, 0.2) is 0 Å². The van der Waals surface area contributed by atoms with Gasteiger partial charge in [0.25, 0.3) is 0 Å². The Morgan fingerprint density at radius 1 is 1.06 bits per heavy atom. The van der Waals surface area contributed by atoms with Gasteiger partial charge in [-0.05, 0) is 40.5 Å². The van der Waals surface area contributed by atoms with Crippen molar-refractivity contribution < 1.29 is 19.1 Å². The first-order valence-corrected chi connectivity index (χ1v) is 6.23. The first-order valence-electron chi connectivity index (χ1n) is 6.23. The zero-order chi connectivity index (χ0) is 14.1. The monoisotopic (exact) mass is 254 g/mol. The summed E-state index contributed by atoms with van der Waals surface area (Å²) in [4.78, 5) is 23.6. The van der Waals surface area contributed by atoms with Gasteiger partial charge in [0, 0.05) is 6.42 Å². The lowest BCUT2D eigenvalue weighted by Gasteiger charge is -2.17. The number of esters is 2. The maximum absolute atomic E-state index is 11.8. The molecule has 0 aliphatic carbocycles. The van der Waals surface area contributed by atoms with Gasteiger partial charge in [-0.15, -0.1) is 12.3 Å². The van der Waals surface area contributed by atoms with Crippen LogP contribution in [0.25, 0.3) is 0 Å². The van der Waals surface area contributed by atoms with Crippen LogP contribution in [0.2, 0.25) is 0 Å². The summed E-state index contributed by atoms with van der Waals surface area (Å²) in [5, 5.41) is 0. The van der Waals surface area contributed by atoms with E-state index in [4.69, 9.17) is 15.9 Å². The van der Waals surface area contributed by atoms with Crippen molar-refractivity contribution in [3.63, 3.8) is 0 Å². The second kappa shape index (κ2) is 8.57. The van der Waals surface area contributed by atoms with Crippen molar-refractivity contribution in [2.24, 2.45) is 5.92 Å². The predicted octanol–water partition coefficient (Wildman–Crippen LogP) is 2.31. The van der Waals surface area contributed by atoms with E-state index in [1.54, 1.807) is 27.7 Å². The number of rotatable bonds is 7. The minimum Gasteiger partial charge on any atom is -0.462 e. The number of carbonyl (C=O) groups excluding carboxylic acids is 2. The van der Waals surface area contributed by atoms with E-state index in [1.165, 1.54) is 0 Å². The molecular formula is C14H22O4. The average molecular weight is 254 g/mol. The highest BCUT2D eigenvalue weighted by Gasteiger charge is 2.30. The summed E-state index contributed by atoms with van der Waals surface area (Å²) < 4.78 is 10.1. The highest BCUT2D eigenvalue weighted by molar-refractivity contribution is 5.95. The van der Waals surface area contributed by atoms with E-state index in [-0.39, 0.29) is 12.2 Å². The third-order valence-electron chi connectivity index (χ3n) is 2.09. The number of terminal acetylenes is 1. The molecule has 0 aromatic rings. The molecule has 0 aromatic carbocycles. The number of hydrogen-bond donors (Lipinski definition) is 0. The molecular weight excluding hydrogens is 232 g/mol. The van der Waals surface area contributed by atoms with Crippen molar-refractivity contribution in [2.45, 2.75) is 59.2 Å². The van der Waals surface area contributed by atoms with E-state index in [0.717, 1.165) is 0 Å². The van der Waals surface area contributed by atoms with Crippen molar-refractivity contribution >= 4 is 11.9 Å². The van der Waals surface area contributed by atoms with E-state index in [2.05, 4.69) is 5.92 Å². The first-order chi connectivity index (χ1) is 8.38. The summed E-state index contributed by atoms with van der Waals surface area (Å²) in [7, 11) is 0. The van der Waals surface area contributed by atoms with E-state index in [9.17, 15) is 9.59 Å². The van der Waals surface area contributed by atoms with E-state index >= 15 is 0 Å². The minimum absolute atomic E-state index is 0.250. The first kappa shape index (κ1) is 16.5. The molecule has 0 heterocycles. The third kappa shape index (κ3) is 6.95. The van der Waals surface area contributed by atoms with Gasteiger partial charge in [0.2, 0.25) is 0 Å². The van der Waals surface area contributed by atoms with Gasteiger partial charge in [-0.25, -0.2) is 0 Å². The fraction of sp³-hybridized carbons (Fsp3) is 0.714. The molecule has 0 rings (SSSR count). The summed E-state index contributed by atoms with van der Waals surface area (Å²) in [5.41, 5.74) is 0. The molecule has 0 saturated heterocycles. The normalized spacial score (nSPS) is 10.6. The highest BCUT2D eigenvalue weighted by Crippen LogP contribution is 2.15. The van der Waals surface area contributed by atoms with Gasteiger partial charge in [-0.3, -0.25) is 9.59 Å². The molecule has 4 nitrogen and oxygen atoms in total. The van der Waals surface area contributed by atoms with Crippen molar-refractivity contribution in [2.75, 3.05) is 0 Å². The van der Waals surface area contributed by atoms with Gasteiger partial charge >= 0.3 is 11.9 Å². The molecule has 0 radical (unpaired) electrons. The van der Waals surface area contributed by atoms with Gasteiger partial charge in [0.05, 0.1) is 12.2 Å². The molecule has 102 valence electrons. The largest absolute Gasteiger partial charge is 0.462 e. The molecule has 0 saturated carbocycles. The summed E-state index contributed by atoms with van der Waals surface area (Å²) >= 11 is 0. The Kier molecular flexibility index (Phi) is 7.86. The van der Waals surface area contributed by atoms with Crippen LogP contribution in [-0.2, 0) is 19.1 Å². The molecule has 0 spiro atoms. The molecule has 0 aliphatic heterocycles. The van der Waals surface area contributed by atoms with Crippen LogP contribution in [0.4, 0.5) is 0 Å². The van der Waals surface area contributed by atoms with Crippen LogP contribution in [-0.4, -0.2) is 24.1 Å². The molecule has 18 heavy (non-hydrogen) atoms. The lowest BCUT2D eigenvalue weighted by atomic mass is 10.0. The molecule has 0 aromatic heterocycles. The SMILES string of the molecule is C#CCCCC(C(=O)OC(C)C)C(=O)OC(C)C. The maximum atomic E-state index is 11.8. The third-order valence-corrected chi connectivity index (χ3v) is 2.09. The Balaban J connectivity index is 4.55. The molecule has 0 aliphatic rings. The van der Waals surface area contributed by atoms with Gasteiger partial charge in [-0.2, -0.15) is 0 Å². The Bertz CT molecular complexity index is 290. The number of unbranched alkanes of at least 4 members (excludes halogenated alkanes) is 1. The fourth-order valence-corrected chi connectivity index (χ4v) is 1.37. The van der Waals surface area contributed by atoms with Crippen LogP contribution >= 0.6 is 0 Å². The number of carbonyl (C=O) groups is 2. The second-order valence-electron chi connectivity index (χ2n) is 4.62. The van der Waals surface area contributed by atoms with Crippen LogP contribution < -0.4 is 0 Å². The van der Waals surface area contributed by atoms with Gasteiger partial charge < -0.3 is 9.47 Å². The van der Waals surface area contributed by atoms with Gasteiger partial charge in [0.15, 0.2) is 5.92 Å². The van der Waals surface area contributed by atoms with Crippen LogP contribution in [0.3, 0.4) is 0 Å². The van der Waals surface area contributed by atoms with Gasteiger partial charge in [-0.1, -0.05) is 0 Å². The lowest BCUT2D eigenvalue weighted by Crippen LogP contribution is -2.31.